The van der Waals surface area contributed by atoms with E-state index >= 15 is 0 Å². The molecule has 0 aliphatic carbocycles. The number of rotatable bonds is 6. The Balaban J connectivity index is 1.63. The molecule has 0 aliphatic heterocycles. The van der Waals surface area contributed by atoms with Crippen molar-refractivity contribution in [3.63, 3.8) is 0 Å². The van der Waals surface area contributed by atoms with Crippen molar-refractivity contribution >= 4 is 11.7 Å². The molecule has 8 nitrogen and oxygen atoms in total. The summed E-state index contributed by atoms with van der Waals surface area (Å²) in [7, 11) is 1.58. The van der Waals surface area contributed by atoms with Crippen LogP contribution in [0, 0.1) is 0 Å². The average molecular weight is 339 g/mol. The van der Waals surface area contributed by atoms with E-state index in [-0.39, 0.29) is 12.6 Å². The Morgan fingerprint density at radius 1 is 1.28 bits per heavy atom. The third-order valence-electron chi connectivity index (χ3n) is 3.31. The van der Waals surface area contributed by atoms with Gasteiger partial charge in [0, 0.05) is 37.3 Å². The summed E-state index contributed by atoms with van der Waals surface area (Å²) in [6.07, 6.45) is 5.04. The molecule has 3 aromatic heterocycles. The normalized spacial score (nSPS) is 10.4. The molecule has 0 aromatic carbocycles. The predicted octanol–water partition coefficient (Wildman–Crippen LogP) is 2.60. The van der Waals surface area contributed by atoms with Gasteiger partial charge in [0.25, 0.3) is 0 Å². The molecule has 25 heavy (non-hydrogen) atoms. The van der Waals surface area contributed by atoms with Crippen LogP contribution in [-0.4, -0.2) is 28.3 Å². The lowest BCUT2D eigenvalue weighted by molar-refractivity contribution is 0.177. The lowest BCUT2D eigenvalue weighted by Gasteiger charge is -2.10. The minimum Gasteiger partial charge on any atom is -0.378 e. The molecule has 3 rings (SSSR count). The van der Waals surface area contributed by atoms with Crippen LogP contribution >= 0.6 is 0 Å². The summed E-state index contributed by atoms with van der Waals surface area (Å²) in [6, 6.07) is 8.58. The third kappa shape index (κ3) is 4.39. The van der Waals surface area contributed by atoms with E-state index in [9.17, 15) is 4.79 Å². The summed E-state index contributed by atoms with van der Waals surface area (Å²) < 4.78 is 10.1. The molecule has 0 bridgehead atoms. The van der Waals surface area contributed by atoms with E-state index in [1.54, 1.807) is 43.9 Å². The van der Waals surface area contributed by atoms with Gasteiger partial charge in [-0.05, 0) is 24.3 Å². The summed E-state index contributed by atoms with van der Waals surface area (Å²) in [4.78, 5) is 20.5. The van der Waals surface area contributed by atoms with Gasteiger partial charge in [-0.25, -0.2) is 4.79 Å². The van der Waals surface area contributed by atoms with Crippen LogP contribution in [0.4, 0.5) is 10.5 Å². The molecule has 0 radical (unpaired) electrons. The number of hydrogen-bond acceptors (Lipinski definition) is 6. The van der Waals surface area contributed by atoms with E-state index in [4.69, 9.17) is 9.26 Å². The van der Waals surface area contributed by atoms with E-state index in [1.165, 1.54) is 0 Å². The first-order chi connectivity index (χ1) is 12.3. The third-order valence-corrected chi connectivity index (χ3v) is 3.31. The number of nitrogens with zero attached hydrogens (tertiary/aromatic N) is 3. The van der Waals surface area contributed by atoms with Crippen molar-refractivity contribution in [1.29, 1.82) is 0 Å². The Morgan fingerprint density at radius 3 is 2.96 bits per heavy atom. The summed E-state index contributed by atoms with van der Waals surface area (Å²) in [5.74, 6) is 0.542. The van der Waals surface area contributed by atoms with Gasteiger partial charge in [0.1, 0.15) is 5.69 Å². The summed E-state index contributed by atoms with van der Waals surface area (Å²) in [5.41, 5.74) is 2.72. The number of nitrogens with one attached hydrogen (secondary N) is 2. The number of anilines is 1. The van der Waals surface area contributed by atoms with Crippen molar-refractivity contribution in [2.24, 2.45) is 0 Å². The second-order valence-electron chi connectivity index (χ2n) is 5.17. The molecule has 3 aromatic rings. The van der Waals surface area contributed by atoms with Crippen LogP contribution in [0.1, 0.15) is 11.5 Å². The van der Waals surface area contributed by atoms with E-state index < -0.39 is 0 Å². The second kappa shape index (κ2) is 8.02. The minimum absolute atomic E-state index is 0.213. The summed E-state index contributed by atoms with van der Waals surface area (Å²) >= 11 is 0. The number of ether oxygens (including phenoxy) is 1. The van der Waals surface area contributed by atoms with Crippen molar-refractivity contribution in [3.05, 3.63) is 60.4 Å². The van der Waals surface area contributed by atoms with Crippen molar-refractivity contribution < 1.29 is 14.1 Å². The Bertz CT molecular complexity index is 835. The second-order valence-corrected chi connectivity index (χ2v) is 5.17. The molecular weight excluding hydrogens is 322 g/mol. The topological polar surface area (TPSA) is 102 Å². The molecule has 0 fully saturated rings. The molecule has 0 atom stereocenters. The number of amides is 2. The molecule has 0 spiro atoms. The number of carbonyl (C=O) groups excluding carboxylic acids is 1. The first-order valence-electron chi connectivity index (χ1n) is 7.60. The fourth-order valence-electron chi connectivity index (χ4n) is 2.23. The van der Waals surface area contributed by atoms with Gasteiger partial charge in [0.05, 0.1) is 24.5 Å². The molecule has 0 saturated carbocycles. The van der Waals surface area contributed by atoms with Gasteiger partial charge in [-0.1, -0.05) is 5.16 Å². The Labute approximate surface area is 144 Å². The standard InChI is InChI=1S/C17H17N5O3/c1-24-11-13-8-14(25-22-13)10-20-17(23)21-15-5-3-7-19-16(15)12-4-2-6-18-9-12/h2-9H,10-11H2,1H3,(H2,20,21,23). The van der Waals surface area contributed by atoms with Crippen LogP contribution in [-0.2, 0) is 17.9 Å². The van der Waals surface area contributed by atoms with Gasteiger partial charge in [-0.2, -0.15) is 0 Å². The number of aromatic nitrogens is 3. The summed E-state index contributed by atoms with van der Waals surface area (Å²) in [6.45, 7) is 0.574. The van der Waals surface area contributed by atoms with Gasteiger partial charge < -0.3 is 19.9 Å². The van der Waals surface area contributed by atoms with Gasteiger partial charge >= 0.3 is 6.03 Å². The highest BCUT2D eigenvalue weighted by molar-refractivity contribution is 5.93. The van der Waals surface area contributed by atoms with Crippen LogP contribution in [0.3, 0.4) is 0 Å². The van der Waals surface area contributed by atoms with Crippen LogP contribution in [0.5, 0.6) is 0 Å². The fourth-order valence-corrected chi connectivity index (χ4v) is 2.23. The SMILES string of the molecule is COCc1cc(CNC(=O)Nc2cccnc2-c2cccnc2)on1. The predicted molar refractivity (Wildman–Crippen MR) is 90.5 cm³/mol. The minimum atomic E-state index is -0.372. The smallest absolute Gasteiger partial charge is 0.319 e. The van der Waals surface area contributed by atoms with Gasteiger partial charge in [-0.3, -0.25) is 9.97 Å². The average Bonchev–Trinajstić information content (AvgIpc) is 3.09. The lowest BCUT2D eigenvalue weighted by Crippen LogP contribution is -2.28. The Hall–Kier alpha value is -3.26. The summed E-state index contributed by atoms with van der Waals surface area (Å²) in [5, 5.41) is 9.33. The van der Waals surface area contributed by atoms with Crippen molar-refractivity contribution in [1.82, 2.24) is 20.4 Å². The molecule has 2 amide bonds. The number of urea groups is 1. The van der Waals surface area contributed by atoms with E-state index in [1.807, 2.05) is 12.1 Å². The maximum absolute atomic E-state index is 12.1. The largest absolute Gasteiger partial charge is 0.378 e. The lowest BCUT2D eigenvalue weighted by atomic mass is 10.1. The molecule has 0 saturated heterocycles. The van der Waals surface area contributed by atoms with Gasteiger partial charge in [0.15, 0.2) is 5.76 Å². The Morgan fingerprint density at radius 2 is 2.16 bits per heavy atom. The molecular formula is C17H17N5O3. The quantitative estimate of drug-likeness (QED) is 0.716. The van der Waals surface area contributed by atoms with Gasteiger partial charge in [0.2, 0.25) is 0 Å². The molecule has 3 heterocycles. The highest BCUT2D eigenvalue weighted by Gasteiger charge is 2.10. The zero-order valence-electron chi connectivity index (χ0n) is 13.6. The number of carbonyl (C=O) groups is 1. The molecule has 0 aliphatic rings. The van der Waals surface area contributed by atoms with E-state index in [0.717, 1.165) is 5.56 Å². The van der Waals surface area contributed by atoms with Crippen LogP contribution < -0.4 is 10.6 Å². The number of methoxy groups -OCH3 is 1. The van der Waals surface area contributed by atoms with Crippen molar-refractivity contribution in [2.45, 2.75) is 13.2 Å². The van der Waals surface area contributed by atoms with Gasteiger partial charge in [-0.15, -0.1) is 0 Å². The Kier molecular flexibility index (Phi) is 5.32. The van der Waals surface area contributed by atoms with Crippen LogP contribution in [0.15, 0.2) is 53.4 Å². The fraction of sp³-hybridized carbons (Fsp3) is 0.176. The first-order valence-corrected chi connectivity index (χ1v) is 7.60. The monoisotopic (exact) mass is 339 g/mol. The van der Waals surface area contributed by atoms with E-state index in [0.29, 0.717) is 29.4 Å². The maximum Gasteiger partial charge on any atom is 0.319 e. The van der Waals surface area contributed by atoms with Crippen molar-refractivity contribution in [3.8, 4) is 11.3 Å². The zero-order valence-corrected chi connectivity index (χ0v) is 13.6. The highest BCUT2D eigenvalue weighted by Crippen LogP contribution is 2.24. The van der Waals surface area contributed by atoms with Crippen LogP contribution in [0.25, 0.3) is 11.3 Å². The molecule has 2 N–H and O–H groups in total. The number of pyridine rings is 2. The van der Waals surface area contributed by atoms with E-state index in [2.05, 4.69) is 25.8 Å². The molecule has 128 valence electrons. The first kappa shape index (κ1) is 16.6. The zero-order chi connectivity index (χ0) is 17.5. The molecule has 8 heteroatoms. The van der Waals surface area contributed by atoms with Crippen LogP contribution in [0.2, 0.25) is 0 Å². The van der Waals surface area contributed by atoms with Crippen molar-refractivity contribution in [2.75, 3.05) is 12.4 Å². The maximum atomic E-state index is 12.1. The number of hydrogen-bond donors (Lipinski definition) is 2. The molecule has 0 unspecified atom stereocenters. The highest BCUT2D eigenvalue weighted by atomic mass is 16.5.